The van der Waals surface area contributed by atoms with E-state index >= 15 is 0 Å². The van der Waals surface area contributed by atoms with Crippen LogP contribution in [0.5, 0.6) is 0 Å². The van der Waals surface area contributed by atoms with Gasteiger partial charge < -0.3 is 0 Å². The van der Waals surface area contributed by atoms with Crippen LogP contribution in [-0.2, 0) is 0 Å². The van der Waals surface area contributed by atoms with Gasteiger partial charge in [-0.15, -0.1) is 0 Å². The molecular formula is C17H37. The van der Waals surface area contributed by atoms with Crippen LogP contribution in [0.1, 0.15) is 83.1 Å². The predicted octanol–water partition coefficient (Wildman–Crippen LogP) is 6.52. The number of hydrogen-bond acceptors (Lipinski definition) is 0. The van der Waals surface area contributed by atoms with Crippen molar-refractivity contribution in [2.75, 3.05) is 0 Å². The Hall–Kier alpha value is 0. The third kappa shape index (κ3) is 31.4. The molecule has 0 nitrogen and oxygen atoms in total. The van der Waals surface area contributed by atoms with Gasteiger partial charge >= 0.3 is 0 Å². The highest BCUT2D eigenvalue weighted by molar-refractivity contribution is 4.90. The van der Waals surface area contributed by atoms with E-state index in [2.05, 4.69) is 83.1 Å². The van der Waals surface area contributed by atoms with Crippen LogP contribution in [0.4, 0.5) is 0 Å². The van der Waals surface area contributed by atoms with E-state index in [9.17, 15) is 0 Å². The second-order valence-corrected chi connectivity index (χ2v) is 6.98. The molecule has 0 amide bonds. The summed E-state index contributed by atoms with van der Waals surface area (Å²) < 4.78 is 0. The third-order valence-corrected chi connectivity index (χ3v) is 2.65. The van der Waals surface area contributed by atoms with Gasteiger partial charge in [-0.3, -0.25) is 0 Å². The third-order valence-electron chi connectivity index (χ3n) is 2.65. The summed E-state index contributed by atoms with van der Waals surface area (Å²) in [6.45, 7) is 26.0. The lowest BCUT2D eigenvalue weighted by atomic mass is 9.84. The van der Waals surface area contributed by atoms with Gasteiger partial charge in [-0.05, 0) is 29.1 Å². The van der Waals surface area contributed by atoms with Gasteiger partial charge in [0.1, 0.15) is 0 Å². The second kappa shape index (κ2) is 11.1. The predicted molar refractivity (Wildman–Crippen MR) is 83.7 cm³/mol. The minimum Gasteiger partial charge on any atom is -0.0622 e. The minimum absolute atomic E-state index is 0.417. The molecule has 0 saturated carbocycles. The molecule has 0 heteroatoms. The molecule has 0 fully saturated rings. The summed E-state index contributed by atoms with van der Waals surface area (Å²) in [7, 11) is 0. The Bertz CT molecular complexity index is 124. The first-order valence-electron chi connectivity index (χ1n) is 6.69. The Balaban J connectivity index is -0.000000180. The molecule has 0 aromatic rings. The summed E-state index contributed by atoms with van der Waals surface area (Å²) in [6, 6.07) is 0. The largest absolute Gasteiger partial charge is 0.0622 e. The zero-order valence-electron chi connectivity index (χ0n) is 14.6. The SMILES string of the molecule is C[C](C)C.C[C](C)C(C)(C)C.C[C](C)C(C)C. The van der Waals surface area contributed by atoms with Crippen molar-refractivity contribution in [2.45, 2.75) is 83.1 Å². The van der Waals surface area contributed by atoms with Crippen LogP contribution in [0.3, 0.4) is 0 Å². The van der Waals surface area contributed by atoms with Gasteiger partial charge in [0.2, 0.25) is 0 Å². The van der Waals surface area contributed by atoms with E-state index in [4.69, 9.17) is 0 Å². The van der Waals surface area contributed by atoms with Gasteiger partial charge in [-0.25, -0.2) is 0 Å². The molecule has 0 N–H and O–H groups in total. The fraction of sp³-hybridized carbons (Fsp3) is 0.824. The molecule has 17 heavy (non-hydrogen) atoms. The van der Waals surface area contributed by atoms with E-state index in [-0.39, 0.29) is 0 Å². The van der Waals surface area contributed by atoms with Gasteiger partial charge in [0.25, 0.3) is 0 Å². The average Bonchev–Trinajstić information content (AvgIpc) is 2.01. The molecule has 0 aromatic heterocycles. The Morgan fingerprint density at radius 1 is 0.706 bits per heavy atom. The van der Waals surface area contributed by atoms with Crippen molar-refractivity contribution >= 4 is 0 Å². The maximum atomic E-state index is 2.22. The Kier molecular flexibility index (Phi) is 14.5. The maximum absolute atomic E-state index is 2.22. The second-order valence-electron chi connectivity index (χ2n) is 6.98. The smallest absolute Gasteiger partial charge is 0.0249 e. The van der Waals surface area contributed by atoms with E-state index in [0.29, 0.717) is 5.41 Å². The first kappa shape index (κ1) is 22.2. The van der Waals surface area contributed by atoms with Crippen molar-refractivity contribution in [3.63, 3.8) is 0 Å². The van der Waals surface area contributed by atoms with Gasteiger partial charge in [0.15, 0.2) is 0 Å². The van der Waals surface area contributed by atoms with Gasteiger partial charge in [-0.2, -0.15) is 0 Å². The van der Waals surface area contributed by atoms with Crippen LogP contribution in [0.25, 0.3) is 0 Å². The Morgan fingerprint density at radius 2 is 0.824 bits per heavy atom. The first-order valence-corrected chi connectivity index (χ1v) is 6.69. The van der Waals surface area contributed by atoms with Crippen molar-refractivity contribution in [3.8, 4) is 0 Å². The average molecular weight is 241 g/mol. The van der Waals surface area contributed by atoms with Gasteiger partial charge in [0, 0.05) is 0 Å². The first-order chi connectivity index (χ1) is 7.32. The highest BCUT2D eigenvalue weighted by Gasteiger charge is 2.14. The number of rotatable bonds is 1. The lowest BCUT2D eigenvalue weighted by molar-refractivity contribution is 0.438. The standard InChI is InChI=1S/C7H15.C6H13.C4H9/c1-6(2)7(3,4)5;1-5(2)6(3)4;1-4(2)3/h1-5H3;5H,1-4H3;1-3H3. The van der Waals surface area contributed by atoms with Crippen LogP contribution in [0, 0.1) is 29.1 Å². The molecule has 0 aliphatic carbocycles. The van der Waals surface area contributed by atoms with Gasteiger partial charge in [0.05, 0.1) is 0 Å². The highest BCUT2D eigenvalue weighted by atomic mass is 14.2. The highest BCUT2D eigenvalue weighted by Crippen LogP contribution is 2.25. The van der Waals surface area contributed by atoms with Crippen LogP contribution in [-0.4, -0.2) is 0 Å². The Labute approximate surface area is 113 Å². The molecule has 3 radical (unpaired) electrons. The molecule has 0 heterocycles. The molecule has 0 aliphatic heterocycles. The molecule has 0 atom stereocenters. The van der Waals surface area contributed by atoms with Crippen molar-refractivity contribution in [2.24, 2.45) is 11.3 Å². The summed E-state index contributed by atoms with van der Waals surface area (Å²) in [5.74, 6) is 5.19. The summed E-state index contributed by atoms with van der Waals surface area (Å²) >= 11 is 0. The molecular weight excluding hydrogens is 204 g/mol. The lowest BCUT2D eigenvalue weighted by Crippen LogP contribution is -2.10. The topological polar surface area (TPSA) is 0 Å². The molecule has 0 aliphatic rings. The molecule has 0 bridgehead atoms. The summed E-state index contributed by atoms with van der Waals surface area (Å²) in [5, 5.41) is 0. The van der Waals surface area contributed by atoms with Crippen molar-refractivity contribution in [1.29, 1.82) is 0 Å². The van der Waals surface area contributed by atoms with E-state index < -0.39 is 0 Å². The Morgan fingerprint density at radius 3 is 0.824 bits per heavy atom. The normalized spacial score (nSPS) is 11.3. The molecule has 105 valence electrons. The van der Waals surface area contributed by atoms with Crippen molar-refractivity contribution in [3.05, 3.63) is 17.8 Å². The number of hydrogen-bond donors (Lipinski definition) is 0. The molecule has 0 rings (SSSR count). The zero-order chi connectivity index (χ0) is 14.8. The van der Waals surface area contributed by atoms with E-state index in [1.807, 2.05) is 0 Å². The van der Waals surface area contributed by atoms with E-state index in [1.165, 1.54) is 17.8 Å². The monoisotopic (exact) mass is 241 g/mol. The summed E-state index contributed by atoms with van der Waals surface area (Å²) in [6.07, 6.45) is 0. The zero-order valence-corrected chi connectivity index (χ0v) is 14.6. The van der Waals surface area contributed by atoms with Gasteiger partial charge in [-0.1, -0.05) is 83.1 Å². The summed E-state index contributed by atoms with van der Waals surface area (Å²) in [4.78, 5) is 0. The fourth-order valence-electron chi connectivity index (χ4n) is 0. The minimum atomic E-state index is 0.417. The van der Waals surface area contributed by atoms with E-state index in [0.717, 1.165) is 5.92 Å². The summed E-state index contributed by atoms with van der Waals surface area (Å²) in [5.41, 5.74) is 0.417. The molecule has 0 unspecified atom stereocenters. The van der Waals surface area contributed by atoms with Crippen LogP contribution in [0.2, 0.25) is 0 Å². The molecule has 0 aromatic carbocycles. The van der Waals surface area contributed by atoms with E-state index in [1.54, 1.807) is 0 Å². The fourth-order valence-corrected chi connectivity index (χ4v) is 0. The van der Waals surface area contributed by atoms with Crippen LogP contribution in [0.15, 0.2) is 0 Å². The van der Waals surface area contributed by atoms with Crippen molar-refractivity contribution in [1.82, 2.24) is 0 Å². The van der Waals surface area contributed by atoms with Crippen molar-refractivity contribution < 1.29 is 0 Å². The van der Waals surface area contributed by atoms with Crippen LogP contribution >= 0.6 is 0 Å². The molecule has 0 saturated heterocycles. The lowest BCUT2D eigenvalue weighted by Gasteiger charge is -2.21. The quantitative estimate of drug-likeness (QED) is 0.490. The maximum Gasteiger partial charge on any atom is -0.0249 e. The van der Waals surface area contributed by atoms with Crippen LogP contribution < -0.4 is 0 Å². The molecule has 0 spiro atoms.